The molecule has 0 aromatic carbocycles. The Morgan fingerprint density at radius 3 is 2.33 bits per heavy atom. The van der Waals surface area contributed by atoms with Crippen LogP contribution in [0, 0.1) is 5.41 Å². The van der Waals surface area contributed by atoms with Gasteiger partial charge in [0.15, 0.2) is 0 Å². The number of nitrogens with one attached hydrogen (secondary N) is 1. The average molecular weight is 273 g/mol. The normalized spacial score (nSPS) is 17.9. The molecular formula is C13H23NO3S. The molecule has 18 heavy (non-hydrogen) atoms. The zero-order chi connectivity index (χ0) is 13.8. The van der Waals surface area contributed by atoms with Gasteiger partial charge in [0.2, 0.25) is 5.91 Å². The van der Waals surface area contributed by atoms with Crippen LogP contribution in [-0.2, 0) is 9.59 Å². The molecule has 1 rings (SSSR count). The van der Waals surface area contributed by atoms with Gasteiger partial charge in [-0.25, -0.2) is 0 Å². The van der Waals surface area contributed by atoms with Crippen molar-refractivity contribution in [2.24, 2.45) is 5.41 Å². The zero-order valence-electron chi connectivity index (χ0n) is 11.4. The molecule has 0 unspecified atom stereocenters. The zero-order valence-corrected chi connectivity index (χ0v) is 12.2. The number of carbonyl (C=O) groups excluding carboxylic acids is 1. The molecule has 4 nitrogen and oxygen atoms in total. The molecule has 0 radical (unpaired) electrons. The molecule has 2 N–H and O–H groups in total. The Bertz CT molecular complexity index is 319. The van der Waals surface area contributed by atoms with Gasteiger partial charge in [-0.05, 0) is 24.5 Å². The lowest BCUT2D eigenvalue weighted by molar-refractivity contribution is -0.139. The predicted octanol–water partition coefficient (Wildman–Crippen LogP) is 2.28. The molecular weight excluding hydrogens is 250 g/mol. The molecule has 1 fully saturated rings. The van der Waals surface area contributed by atoms with E-state index in [0.717, 1.165) is 12.8 Å². The van der Waals surface area contributed by atoms with Crippen LogP contribution in [0.5, 0.6) is 0 Å². The molecule has 1 amide bonds. The first-order valence-corrected chi connectivity index (χ1v) is 7.55. The highest BCUT2D eigenvalue weighted by molar-refractivity contribution is 8.00. The van der Waals surface area contributed by atoms with Gasteiger partial charge in [-0.1, -0.05) is 20.3 Å². The quantitative estimate of drug-likeness (QED) is 0.747. The minimum absolute atomic E-state index is 0.0219. The SMILES string of the molecule is CSC1(CNC(=O)CC(C)(C)CC(=O)O)CCC1. The number of hydrogen-bond acceptors (Lipinski definition) is 3. The van der Waals surface area contributed by atoms with Crippen molar-refractivity contribution < 1.29 is 14.7 Å². The average Bonchev–Trinajstić information content (AvgIpc) is 2.13. The number of carboxylic acid groups (broad SMARTS) is 1. The predicted molar refractivity (Wildman–Crippen MR) is 73.8 cm³/mol. The van der Waals surface area contributed by atoms with Crippen LogP contribution in [0.25, 0.3) is 0 Å². The number of rotatable bonds is 7. The number of thioether (sulfide) groups is 1. The summed E-state index contributed by atoms with van der Waals surface area (Å²) < 4.78 is 0.229. The largest absolute Gasteiger partial charge is 0.481 e. The molecule has 5 heteroatoms. The lowest BCUT2D eigenvalue weighted by Gasteiger charge is -2.40. The Kier molecular flexibility index (Phi) is 5.08. The molecule has 1 aliphatic carbocycles. The van der Waals surface area contributed by atoms with Crippen molar-refractivity contribution in [1.29, 1.82) is 0 Å². The Hall–Kier alpha value is -0.710. The number of amides is 1. The summed E-state index contributed by atoms with van der Waals surface area (Å²) in [6.07, 6.45) is 5.93. The molecule has 0 bridgehead atoms. The maximum atomic E-state index is 11.8. The maximum Gasteiger partial charge on any atom is 0.303 e. The van der Waals surface area contributed by atoms with Gasteiger partial charge in [0.25, 0.3) is 0 Å². The summed E-state index contributed by atoms with van der Waals surface area (Å²) in [6.45, 7) is 4.33. The van der Waals surface area contributed by atoms with Gasteiger partial charge in [-0.15, -0.1) is 0 Å². The van der Waals surface area contributed by atoms with Crippen molar-refractivity contribution in [2.75, 3.05) is 12.8 Å². The standard InChI is InChI=1S/C13H23NO3S/c1-12(2,8-11(16)17)7-10(15)14-9-13(18-3)5-4-6-13/h4-9H2,1-3H3,(H,14,15)(H,16,17). The first-order chi connectivity index (χ1) is 8.29. The lowest BCUT2D eigenvalue weighted by Crippen LogP contribution is -2.45. The van der Waals surface area contributed by atoms with E-state index in [9.17, 15) is 9.59 Å². The highest BCUT2D eigenvalue weighted by Gasteiger charge is 2.36. The van der Waals surface area contributed by atoms with Gasteiger partial charge in [-0.2, -0.15) is 11.8 Å². The second-order valence-corrected chi connectivity index (χ2v) is 7.20. The topological polar surface area (TPSA) is 66.4 Å². The third-order valence-corrected chi connectivity index (χ3v) is 4.99. The first-order valence-electron chi connectivity index (χ1n) is 6.32. The molecule has 0 aromatic heterocycles. The van der Waals surface area contributed by atoms with E-state index < -0.39 is 11.4 Å². The van der Waals surface area contributed by atoms with Crippen molar-refractivity contribution in [1.82, 2.24) is 5.32 Å². The van der Waals surface area contributed by atoms with Gasteiger partial charge in [0.1, 0.15) is 0 Å². The summed E-state index contributed by atoms with van der Waals surface area (Å²) in [7, 11) is 0. The summed E-state index contributed by atoms with van der Waals surface area (Å²) in [4.78, 5) is 22.5. The Balaban J connectivity index is 2.35. The summed E-state index contributed by atoms with van der Waals surface area (Å²) >= 11 is 1.82. The lowest BCUT2D eigenvalue weighted by atomic mass is 9.83. The molecule has 0 heterocycles. The maximum absolute atomic E-state index is 11.8. The highest BCUT2D eigenvalue weighted by Crippen LogP contribution is 2.42. The van der Waals surface area contributed by atoms with E-state index in [1.165, 1.54) is 6.42 Å². The summed E-state index contributed by atoms with van der Waals surface area (Å²) in [5.74, 6) is -0.894. The fourth-order valence-corrected chi connectivity index (χ4v) is 3.17. The van der Waals surface area contributed by atoms with E-state index in [4.69, 9.17) is 5.11 Å². The monoisotopic (exact) mass is 273 g/mol. The molecule has 104 valence electrons. The van der Waals surface area contributed by atoms with Crippen LogP contribution in [0.3, 0.4) is 0 Å². The molecule has 1 aliphatic rings. The van der Waals surface area contributed by atoms with Crippen molar-refractivity contribution in [3.05, 3.63) is 0 Å². The Labute approximate surface area is 113 Å². The van der Waals surface area contributed by atoms with Crippen LogP contribution in [0.4, 0.5) is 0 Å². The summed E-state index contributed by atoms with van der Waals surface area (Å²) in [5, 5.41) is 11.7. The summed E-state index contributed by atoms with van der Waals surface area (Å²) in [6, 6.07) is 0. The van der Waals surface area contributed by atoms with E-state index in [0.29, 0.717) is 6.54 Å². The third kappa shape index (κ3) is 4.52. The van der Waals surface area contributed by atoms with Gasteiger partial charge in [0.05, 0.1) is 6.42 Å². The first kappa shape index (κ1) is 15.3. The van der Waals surface area contributed by atoms with E-state index in [-0.39, 0.29) is 23.5 Å². The molecule has 0 spiro atoms. The van der Waals surface area contributed by atoms with Crippen molar-refractivity contribution in [3.8, 4) is 0 Å². The molecule has 1 saturated carbocycles. The number of carbonyl (C=O) groups is 2. The molecule has 0 saturated heterocycles. The molecule has 0 aromatic rings. The van der Waals surface area contributed by atoms with Crippen LogP contribution in [0.2, 0.25) is 0 Å². The van der Waals surface area contributed by atoms with E-state index >= 15 is 0 Å². The van der Waals surface area contributed by atoms with Crippen molar-refractivity contribution in [3.63, 3.8) is 0 Å². The van der Waals surface area contributed by atoms with Gasteiger partial charge >= 0.3 is 5.97 Å². The molecule has 0 atom stereocenters. The fourth-order valence-electron chi connectivity index (χ4n) is 2.25. The second kappa shape index (κ2) is 5.95. The minimum Gasteiger partial charge on any atom is -0.481 e. The van der Waals surface area contributed by atoms with Crippen LogP contribution in [-0.4, -0.2) is 34.5 Å². The number of carboxylic acids is 1. The van der Waals surface area contributed by atoms with E-state index in [1.807, 2.05) is 25.6 Å². The molecule has 0 aliphatic heterocycles. The smallest absolute Gasteiger partial charge is 0.303 e. The number of aliphatic carboxylic acids is 1. The van der Waals surface area contributed by atoms with Gasteiger partial charge < -0.3 is 10.4 Å². The van der Waals surface area contributed by atoms with E-state index in [1.54, 1.807) is 0 Å². The summed E-state index contributed by atoms with van der Waals surface area (Å²) in [5.41, 5.74) is -0.484. The van der Waals surface area contributed by atoms with Crippen LogP contribution >= 0.6 is 11.8 Å². The highest BCUT2D eigenvalue weighted by atomic mass is 32.2. The second-order valence-electron chi connectivity index (χ2n) is 5.93. The third-order valence-electron chi connectivity index (χ3n) is 3.57. The fraction of sp³-hybridized carbons (Fsp3) is 0.846. The Morgan fingerprint density at radius 1 is 1.33 bits per heavy atom. The number of hydrogen-bond donors (Lipinski definition) is 2. The van der Waals surface area contributed by atoms with Crippen molar-refractivity contribution in [2.45, 2.75) is 50.7 Å². The van der Waals surface area contributed by atoms with Crippen LogP contribution in [0.1, 0.15) is 46.0 Å². The van der Waals surface area contributed by atoms with Gasteiger partial charge in [-0.3, -0.25) is 9.59 Å². The van der Waals surface area contributed by atoms with Crippen LogP contribution in [0.15, 0.2) is 0 Å². The Morgan fingerprint density at radius 2 is 1.94 bits per heavy atom. The van der Waals surface area contributed by atoms with Gasteiger partial charge in [0, 0.05) is 17.7 Å². The van der Waals surface area contributed by atoms with E-state index in [2.05, 4.69) is 11.6 Å². The van der Waals surface area contributed by atoms with Crippen LogP contribution < -0.4 is 5.32 Å². The van der Waals surface area contributed by atoms with Crippen molar-refractivity contribution >= 4 is 23.6 Å². The minimum atomic E-state index is -0.854.